The average Bonchev–Trinajstić information content (AvgIpc) is 2.45. The summed E-state index contributed by atoms with van der Waals surface area (Å²) in [5, 5.41) is 0. The molecule has 0 aromatic carbocycles. The number of hydrogen-bond acceptors (Lipinski definition) is 2. The van der Waals surface area contributed by atoms with Crippen LogP contribution < -0.4 is 0 Å². The molecule has 2 heteroatoms. The van der Waals surface area contributed by atoms with E-state index >= 15 is 0 Å². The Morgan fingerprint density at radius 3 is 2.50 bits per heavy atom. The van der Waals surface area contributed by atoms with Crippen molar-refractivity contribution in [3.63, 3.8) is 0 Å². The van der Waals surface area contributed by atoms with Gasteiger partial charge in [0.05, 0.1) is 0 Å². The highest BCUT2D eigenvalue weighted by Crippen LogP contribution is 2.31. The van der Waals surface area contributed by atoms with Crippen LogP contribution in [0.3, 0.4) is 0 Å². The lowest BCUT2D eigenvalue weighted by Crippen LogP contribution is -1.81. The molecule has 0 radical (unpaired) electrons. The Morgan fingerprint density at radius 1 is 1.14 bits per heavy atom. The minimum absolute atomic E-state index is 1.08. The van der Waals surface area contributed by atoms with Gasteiger partial charge in [-0.25, -0.2) is 0 Å². The zero-order valence-electron chi connectivity index (χ0n) is 8.66. The quantitative estimate of drug-likeness (QED) is 0.688. The first-order chi connectivity index (χ1) is 6.66. The first-order valence-corrected chi connectivity index (χ1v) is 5.48. The number of pyridine rings is 1. The number of aryl methyl sites for hydroxylation is 3. The highest BCUT2D eigenvalue weighted by molar-refractivity contribution is 7.15. The van der Waals surface area contributed by atoms with Gasteiger partial charge in [-0.05, 0) is 50.1 Å². The highest BCUT2D eigenvalue weighted by atomic mass is 32.1. The summed E-state index contributed by atoms with van der Waals surface area (Å²) in [6.45, 7) is 6.34. The monoisotopic (exact) mass is 203 g/mol. The molecule has 0 saturated carbocycles. The van der Waals surface area contributed by atoms with Crippen molar-refractivity contribution in [3.8, 4) is 10.4 Å². The van der Waals surface area contributed by atoms with Crippen LogP contribution in [0.15, 0.2) is 24.4 Å². The molecule has 2 aromatic rings. The van der Waals surface area contributed by atoms with Crippen molar-refractivity contribution in [2.24, 2.45) is 0 Å². The number of nitrogens with zero attached hydrogens (tertiary/aromatic N) is 1. The molecule has 0 atom stereocenters. The second-order valence-corrected chi connectivity index (χ2v) is 4.81. The third-order valence-corrected chi connectivity index (χ3v) is 3.40. The minimum Gasteiger partial charge on any atom is -0.262 e. The van der Waals surface area contributed by atoms with Crippen molar-refractivity contribution in [2.75, 3.05) is 0 Å². The first-order valence-electron chi connectivity index (χ1n) is 4.67. The van der Waals surface area contributed by atoms with Crippen LogP contribution in [0.25, 0.3) is 10.4 Å². The molecule has 0 spiro atoms. The lowest BCUT2D eigenvalue weighted by atomic mass is 10.1. The van der Waals surface area contributed by atoms with E-state index < -0.39 is 0 Å². The van der Waals surface area contributed by atoms with Gasteiger partial charge in [0.1, 0.15) is 0 Å². The van der Waals surface area contributed by atoms with E-state index in [-0.39, 0.29) is 0 Å². The molecule has 2 aromatic heterocycles. The molecule has 14 heavy (non-hydrogen) atoms. The van der Waals surface area contributed by atoms with Crippen molar-refractivity contribution in [3.05, 3.63) is 40.5 Å². The van der Waals surface area contributed by atoms with Crippen LogP contribution in [-0.2, 0) is 0 Å². The van der Waals surface area contributed by atoms with Crippen LogP contribution in [0.5, 0.6) is 0 Å². The van der Waals surface area contributed by atoms with E-state index in [0.717, 1.165) is 5.69 Å². The van der Waals surface area contributed by atoms with Gasteiger partial charge >= 0.3 is 0 Å². The summed E-state index contributed by atoms with van der Waals surface area (Å²) < 4.78 is 0. The van der Waals surface area contributed by atoms with E-state index in [1.165, 1.54) is 20.9 Å². The van der Waals surface area contributed by atoms with Gasteiger partial charge in [0.2, 0.25) is 0 Å². The number of aromatic nitrogens is 1. The van der Waals surface area contributed by atoms with E-state index in [1.807, 2.05) is 24.5 Å². The molecule has 72 valence electrons. The van der Waals surface area contributed by atoms with Gasteiger partial charge in [-0.2, -0.15) is 0 Å². The van der Waals surface area contributed by atoms with Gasteiger partial charge in [0, 0.05) is 21.6 Å². The number of hydrogen-bond donors (Lipinski definition) is 0. The summed E-state index contributed by atoms with van der Waals surface area (Å²) in [6.07, 6.45) is 1.87. The molecule has 0 saturated heterocycles. The Bertz CT molecular complexity index is 457. The Labute approximate surface area is 88.4 Å². The Kier molecular flexibility index (Phi) is 2.38. The van der Waals surface area contributed by atoms with Gasteiger partial charge in [-0.3, -0.25) is 4.98 Å². The van der Waals surface area contributed by atoms with Gasteiger partial charge in [0.25, 0.3) is 0 Å². The molecule has 0 aliphatic carbocycles. The molecule has 0 amide bonds. The van der Waals surface area contributed by atoms with Crippen LogP contribution >= 0.6 is 11.3 Å². The molecular formula is C12H13NS. The largest absolute Gasteiger partial charge is 0.262 e. The summed E-state index contributed by atoms with van der Waals surface area (Å²) in [7, 11) is 0. The normalized spacial score (nSPS) is 10.5. The summed E-state index contributed by atoms with van der Waals surface area (Å²) >= 11 is 1.85. The van der Waals surface area contributed by atoms with Gasteiger partial charge in [-0.15, -0.1) is 11.3 Å². The highest BCUT2D eigenvalue weighted by Gasteiger charge is 2.05. The maximum atomic E-state index is 4.21. The molecule has 2 rings (SSSR count). The molecular weight excluding hydrogens is 190 g/mol. The smallest absolute Gasteiger partial charge is 0.0379 e. The maximum absolute atomic E-state index is 4.21. The van der Waals surface area contributed by atoms with E-state index in [2.05, 4.69) is 37.0 Å². The summed E-state index contributed by atoms with van der Waals surface area (Å²) in [5.41, 5.74) is 3.72. The number of rotatable bonds is 1. The fraction of sp³-hybridized carbons (Fsp3) is 0.250. The van der Waals surface area contributed by atoms with E-state index in [4.69, 9.17) is 0 Å². The first kappa shape index (κ1) is 9.41. The molecule has 0 aliphatic rings. The Hall–Kier alpha value is -1.15. The maximum Gasteiger partial charge on any atom is 0.0379 e. The van der Waals surface area contributed by atoms with Crippen LogP contribution in [0.2, 0.25) is 0 Å². The van der Waals surface area contributed by atoms with E-state index in [0.29, 0.717) is 0 Å². The Morgan fingerprint density at radius 2 is 1.93 bits per heavy atom. The zero-order valence-corrected chi connectivity index (χ0v) is 9.48. The van der Waals surface area contributed by atoms with Crippen LogP contribution in [0.4, 0.5) is 0 Å². The molecule has 1 nitrogen and oxygen atoms in total. The molecule has 0 N–H and O–H groups in total. The predicted molar refractivity (Wildman–Crippen MR) is 61.8 cm³/mol. The summed E-state index contributed by atoms with van der Waals surface area (Å²) in [6, 6.07) is 6.44. The molecule has 0 bridgehead atoms. The molecule has 2 heterocycles. The van der Waals surface area contributed by atoms with Crippen LogP contribution in [0.1, 0.15) is 16.1 Å². The standard InChI is InChI=1S/C12H13NS/c1-8-6-10(3)14-12(8)11-4-5-13-9(2)7-11/h4-7H,1-3H3. The topological polar surface area (TPSA) is 12.9 Å². The fourth-order valence-electron chi connectivity index (χ4n) is 1.61. The Balaban J connectivity index is 2.54. The zero-order chi connectivity index (χ0) is 10.1. The third kappa shape index (κ3) is 1.70. The molecule has 0 aliphatic heterocycles. The average molecular weight is 203 g/mol. The molecule has 0 fully saturated rings. The van der Waals surface area contributed by atoms with E-state index in [9.17, 15) is 0 Å². The summed E-state index contributed by atoms with van der Waals surface area (Å²) in [4.78, 5) is 6.94. The summed E-state index contributed by atoms with van der Waals surface area (Å²) in [5.74, 6) is 0. The number of thiophene rings is 1. The molecule has 0 unspecified atom stereocenters. The second kappa shape index (κ2) is 3.54. The van der Waals surface area contributed by atoms with Gasteiger partial charge < -0.3 is 0 Å². The van der Waals surface area contributed by atoms with Crippen molar-refractivity contribution in [2.45, 2.75) is 20.8 Å². The van der Waals surface area contributed by atoms with Gasteiger partial charge in [-0.1, -0.05) is 0 Å². The van der Waals surface area contributed by atoms with Crippen molar-refractivity contribution in [1.82, 2.24) is 4.98 Å². The van der Waals surface area contributed by atoms with Crippen LogP contribution in [-0.4, -0.2) is 4.98 Å². The lowest BCUT2D eigenvalue weighted by Gasteiger charge is -2.00. The predicted octanol–water partition coefficient (Wildman–Crippen LogP) is 3.74. The lowest BCUT2D eigenvalue weighted by molar-refractivity contribution is 1.20. The van der Waals surface area contributed by atoms with Gasteiger partial charge in [0.15, 0.2) is 0 Å². The van der Waals surface area contributed by atoms with Crippen molar-refractivity contribution in [1.29, 1.82) is 0 Å². The third-order valence-electron chi connectivity index (χ3n) is 2.20. The van der Waals surface area contributed by atoms with Crippen molar-refractivity contribution < 1.29 is 0 Å². The van der Waals surface area contributed by atoms with Crippen LogP contribution in [0, 0.1) is 20.8 Å². The minimum atomic E-state index is 1.08. The van der Waals surface area contributed by atoms with Crippen molar-refractivity contribution >= 4 is 11.3 Å². The fourth-order valence-corrected chi connectivity index (χ4v) is 2.64. The second-order valence-electron chi connectivity index (χ2n) is 3.56. The SMILES string of the molecule is Cc1cc(-c2sc(C)cc2C)ccn1. The van der Waals surface area contributed by atoms with E-state index in [1.54, 1.807) is 0 Å².